The number of esters is 1. The maximum Gasteiger partial charge on any atom is 0.320 e. The molecule has 1 heterocycles. The zero-order valence-corrected chi connectivity index (χ0v) is 16.3. The topological polar surface area (TPSA) is 88.8 Å². The van der Waals surface area contributed by atoms with Gasteiger partial charge in [-0.25, -0.2) is 4.63 Å². The minimum absolute atomic E-state index is 0.0573. The molecule has 3 rings (SSSR count). The largest absolute Gasteiger partial charge is 0.458 e. The summed E-state index contributed by atoms with van der Waals surface area (Å²) < 4.78 is 10.4. The molecule has 0 unspecified atom stereocenters. The van der Waals surface area contributed by atoms with Crippen LogP contribution in [0.2, 0.25) is 0 Å². The van der Waals surface area contributed by atoms with Crippen LogP contribution in [0.25, 0.3) is 11.0 Å². The van der Waals surface area contributed by atoms with E-state index in [0.29, 0.717) is 16.6 Å². The molecule has 1 aromatic heterocycles. The molecule has 0 aliphatic heterocycles. The maximum atomic E-state index is 12.8. The molecule has 2 aromatic rings. The quantitative estimate of drug-likeness (QED) is 0.741. The normalized spacial score (nSPS) is 22.8. The zero-order chi connectivity index (χ0) is 19.6. The van der Waals surface area contributed by atoms with E-state index in [1.165, 1.54) is 0 Å². The number of fused-ring (bicyclic) bond motifs is 1. The molecule has 8 nitrogen and oxygen atoms in total. The van der Waals surface area contributed by atoms with Gasteiger partial charge >= 0.3 is 5.97 Å². The summed E-state index contributed by atoms with van der Waals surface area (Å²) in [5, 5.41) is 7.55. The number of benzene rings is 1. The van der Waals surface area contributed by atoms with Crippen molar-refractivity contribution < 1.29 is 19.0 Å². The summed E-state index contributed by atoms with van der Waals surface area (Å²) in [5.74, 6) is -0.266. The third-order valence-corrected chi connectivity index (χ3v) is 5.19. The van der Waals surface area contributed by atoms with E-state index < -0.39 is 5.60 Å². The molecule has 1 aliphatic carbocycles. The predicted molar refractivity (Wildman–Crippen MR) is 99.2 cm³/mol. The molecule has 27 heavy (non-hydrogen) atoms. The summed E-state index contributed by atoms with van der Waals surface area (Å²) >= 11 is 0. The molecule has 0 saturated heterocycles. The summed E-state index contributed by atoms with van der Waals surface area (Å²) in [6, 6.07) is 5.28. The summed E-state index contributed by atoms with van der Waals surface area (Å²) in [6.07, 6.45) is 3.06. The van der Waals surface area contributed by atoms with E-state index in [0.717, 1.165) is 25.7 Å². The number of hydrogen-bond acceptors (Lipinski definition) is 7. The van der Waals surface area contributed by atoms with Crippen LogP contribution in [0.4, 0.5) is 0 Å². The van der Waals surface area contributed by atoms with Crippen molar-refractivity contribution in [2.24, 2.45) is 0 Å². The Bertz CT molecular complexity index is 824. The highest BCUT2D eigenvalue weighted by Gasteiger charge is 2.36. The summed E-state index contributed by atoms with van der Waals surface area (Å²) in [5.41, 5.74) is 1.30. The van der Waals surface area contributed by atoms with Gasteiger partial charge in [0.2, 0.25) is 0 Å². The van der Waals surface area contributed by atoms with Gasteiger partial charge < -0.3 is 9.64 Å². The Hall–Kier alpha value is -2.48. The first kappa shape index (κ1) is 19.3. The fourth-order valence-corrected chi connectivity index (χ4v) is 3.55. The van der Waals surface area contributed by atoms with Crippen molar-refractivity contribution in [1.82, 2.24) is 20.1 Å². The number of amides is 1. The molecule has 1 saturated carbocycles. The molecule has 0 spiro atoms. The van der Waals surface area contributed by atoms with Gasteiger partial charge in [-0.3, -0.25) is 14.5 Å². The van der Waals surface area contributed by atoms with Crippen molar-refractivity contribution >= 4 is 22.9 Å². The number of aromatic nitrogens is 2. The van der Waals surface area contributed by atoms with Crippen LogP contribution in [-0.2, 0) is 9.53 Å². The SMILES string of the molecule is CN(C)CC(=O)OC1(C)CCC(N(C)C(=O)c2ccc3nonc3c2)CC1. The van der Waals surface area contributed by atoms with Gasteiger partial charge in [0.1, 0.15) is 16.6 Å². The molecular formula is C19H26N4O4. The second-order valence-electron chi connectivity index (χ2n) is 7.78. The summed E-state index contributed by atoms with van der Waals surface area (Å²) in [6.45, 7) is 2.25. The lowest BCUT2D eigenvalue weighted by molar-refractivity contribution is -0.162. The minimum Gasteiger partial charge on any atom is -0.458 e. The van der Waals surface area contributed by atoms with Crippen LogP contribution >= 0.6 is 0 Å². The molecule has 1 fully saturated rings. The van der Waals surface area contributed by atoms with Crippen LogP contribution in [0.15, 0.2) is 22.8 Å². The van der Waals surface area contributed by atoms with E-state index in [1.54, 1.807) is 28.0 Å². The van der Waals surface area contributed by atoms with Crippen molar-refractivity contribution in [1.29, 1.82) is 0 Å². The smallest absolute Gasteiger partial charge is 0.320 e. The van der Waals surface area contributed by atoms with Crippen molar-refractivity contribution in [2.75, 3.05) is 27.7 Å². The highest BCUT2D eigenvalue weighted by atomic mass is 16.6. The molecule has 8 heteroatoms. The third-order valence-electron chi connectivity index (χ3n) is 5.19. The van der Waals surface area contributed by atoms with Crippen LogP contribution in [0.5, 0.6) is 0 Å². The Morgan fingerprint density at radius 3 is 2.52 bits per heavy atom. The number of nitrogens with zero attached hydrogens (tertiary/aromatic N) is 4. The number of ether oxygens (including phenoxy) is 1. The first-order chi connectivity index (χ1) is 12.8. The molecule has 146 valence electrons. The highest BCUT2D eigenvalue weighted by Crippen LogP contribution is 2.34. The summed E-state index contributed by atoms with van der Waals surface area (Å²) in [7, 11) is 5.50. The number of carbonyl (C=O) groups excluding carboxylic acids is 2. The second-order valence-corrected chi connectivity index (χ2v) is 7.78. The van der Waals surface area contributed by atoms with Gasteiger partial charge in [0.15, 0.2) is 0 Å². The first-order valence-corrected chi connectivity index (χ1v) is 9.13. The zero-order valence-electron chi connectivity index (χ0n) is 16.3. The Labute approximate surface area is 158 Å². The van der Waals surface area contributed by atoms with Crippen LogP contribution in [0, 0.1) is 0 Å². The van der Waals surface area contributed by atoms with Crippen molar-refractivity contribution in [3.8, 4) is 0 Å². The van der Waals surface area contributed by atoms with E-state index in [4.69, 9.17) is 4.74 Å². The van der Waals surface area contributed by atoms with Crippen LogP contribution in [-0.4, -0.2) is 71.3 Å². The predicted octanol–water partition coefficient (Wildman–Crippen LogP) is 2.10. The lowest BCUT2D eigenvalue weighted by Crippen LogP contribution is -2.45. The Kier molecular flexibility index (Phi) is 5.46. The maximum absolute atomic E-state index is 12.8. The number of hydrogen-bond donors (Lipinski definition) is 0. The fourth-order valence-electron chi connectivity index (χ4n) is 3.55. The molecule has 0 radical (unpaired) electrons. The Morgan fingerprint density at radius 2 is 1.85 bits per heavy atom. The molecular weight excluding hydrogens is 348 g/mol. The fraction of sp³-hybridized carbons (Fsp3) is 0.579. The van der Waals surface area contributed by atoms with E-state index in [-0.39, 0.29) is 24.5 Å². The number of carbonyl (C=O) groups is 2. The van der Waals surface area contributed by atoms with Crippen molar-refractivity contribution in [2.45, 2.75) is 44.2 Å². The van der Waals surface area contributed by atoms with E-state index in [2.05, 4.69) is 14.9 Å². The van der Waals surface area contributed by atoms with Gasteiger partial charge in [-0.05, 0) is 75.2 Å². The summed E-state index contributed by atoms with van der Waals surface area (Å²) in [4.78, 5) is 28.4. The molecule has 0 atom stereocenters. The van der Waals surface area contributed by atoms with Gasteiger partial charge in [-0.2, -0.15) is 0 Å². The van der Waals surface area contributed by atoms with E-state index in [9.17, 15) is 9.59 Å². The minimum atomic E-state index is -0.460. The molecule has 1 amide bonds. The lowest BCUT2D eigenvalue weighted by atomic mass is 9.82. The van der Waals surface area contributed by atoms with Crippen LogP contribution in [0.3, 0.4) is 0 Å². The van der Waals surface area contributed by atoms with Gasteiger partial charge in [-0.1, -0.05) is 0 Å². The van der Waals surface area contributed by atoms with Crippen molar-refractivity contribution in [3.05, 3.63) is 23.8 Å². The Balaban J connectivity index is 1.59. The van der Waals surface area contributed by atoms with Crippen molar-refractivity contribution in [3.63, 3.8) is 0 Å². The molecule has 0 N–H and O–H groups in total. The second kappa shape index (κ2) is 7.64. The standard InChI is InChI=1S/C19H26N4O4/c1-19(26-17(24)12-22(2)3)9-7-14(8-10-19)23(4)18(25)13-5-6-15-16(11-13)21-27-20-15/h5-6,11,14H,7-10,12H2,1-4H3. The average molecular weight is 374 g/mol. The van der Waals surface area contributed by atoms with Gasteiger partial charge in [0.05, 0.1) is 6.54 Å². The molecule has 1 aliphatic rings. The van der Waals surface area contributed by atoms with Crippen LogP contribution < -0.4 is 0 Å². The van der Waals surface area contributed by atoms with Crippen LogP contribution in [0.1, 0.15) is 43.0 Å². The number of rotatable bonds is 5. The number of likely N-dealkylation sites (N-methyl/N-ethyl adjacent to an activating group) is 1. The monoisotopic (exact) mass is 374 g/mol. The Morgan fingerprint density at radius 1 is 1.19 bits per heavy atom. The lowest BCUT2D eigenvalue weighted by Gasteiger charge is -2.40. The average Bonchev–Trinajstić information content (AvgIpc) is 3.07. The first-order valence-electron chi connectivity index (χ1n) is 9.13. The van der Waals surface area contributed by atoms with E-state index in [1.807, 2.05) is 28.1 Å². The molecule has 1 aromatic carbocycles. The van der Waals surface area contributed by atoms with E-state index >= 15 is 0 Å². The third kappa shape index (κ3) is 4.44. The van der Waals surface area contributed by atoms with Gasteiger partial charge in [0, 0.05) is 18.7 Å². The molecule has 0 bridgehead atoms. The van der Waals surface area contributed by atoms with Gasteiger partial charge in [-0.15, -0.1) is 0 Å². The highest BCUT2D eigenvalue weighted by molar-refractivity contribution is 5.97. The van der Waals surface area contributed by atoms with Gasteiger partial charge in [0.25, 0.3) is 5.91 Å².